The SMILES string of the molecule is CS(=O)(=O)Nc1ccc(CCCOCCCCCCCCNCC(O)c2ccc(O)c(CO)c2)cc1. The van der Waals surface area contributed by atoms with Crippen molar-refractivity contribution in [2.45, 2.75) is 64.1 Å². The van der Waals surface area contributed by atoms with Gasteiger partial charge in [-0.2, -0.15) is 0 Å². The fraction of sp³-hybridized carbons (Fsp3) is 0.556. The standard InChI is InChI=1S/C27H42N2O6S/c1-36(33,34)29-25-13-10-22(11-14-25)9-8-18-35-17-7-5-3-2-4-6-16-28-20-27(32)23-12-15-26(31)24(19-23)21-30/h10-15,19,27-32H,2-9,16-18,20-21H2,1H3. The quantitative estimate of drug-likeness (QED) is 0.177. The van der Waals surface area contributed by atoms with Crippen LogP contribution in [0, 0.1) is 0 Å². The highest BCUT2D eigenvalue weighted by Gasteiger charge is 2.10. The number of aliphatic hydroxyl groups excluding tert-OH is 2. The van der Waals surface area contributed by atoms with E-state index in [-0.39, 0.29) is 12.4 Å². The Bertz CT molecular complexity index is 982. The van der Waals surface area contributed by atoms with Crippen LogP contribution < -0.4 is 10.0 Å². The predicted octanol–water partition coefficient (Wildman–Crippen LogP) is 3.87. The fourth-order valence-corrected chi connectivity index (χ4v) is 4.46. The number of phenols is 1. The first kappa shape index (κ1) is 30.1. The lowest BCUT2D eigenvalue weighted by Gasteiger charge is -2.14. The minimum absolute atomic E-state index is 0.0406. The zero-order chi connectivity index (χ0) is 26.2. The van der Waals surface area contributed by atoms with Crippen molar-refractivity contribution in [3.63, 3.8) is 0 Å². The smallest absolute Gasteiger partial charge is 0.229 e. The van der Waals surface area contributed by atoms with Crippen LogP contribution in [0.5, 0.6) is 5.75 Å². The molecule has 0 aliphatic heterocycles. The Hall–Kier alpha value is -2.17. The number of rotatable bonds is 19. The van der Waals surface area contributed by atoms with Crippen LogP contribution in [0.3, 0.4) is 0 Å². The van der Waals surface area contributed by atoms with Crippen LogP contribution in [0.4, 0.5) is 5.69 Å². The summed E-state index contributed by atoms with van der Waals surface area (Å²) in [4.78, 5) is 0. The van der Waals surface area contributed by atoms with E-state index in [9.17, 15) is 23.7 Å². The van der Waals surface area contributed by atoms with Gasteiger partial charge in [-0.1, -0.05) is 43.9 Å². The summed E-state index contributed by atoms with van der Waals surface area (Å²) in [5.41, 5.74) is 2.85. The van der Waals surface area contributed by atoms with Crippen molar-refractivity contribution in [2.75, 3.05) is 37.3 Å². The Morgan fingerprint density at radius 3 is 2.28 bits per heavy atom. The number of benzene rings is 2. The Labute approximate surface area is 215 Å². The maximum atomic E-state index is 11.2. The number of aromatic hydroxyl groups is 1. The highest BCUT2D eigenvalue weighted by molar-refractivity contribution is 7.92. The molecule has 2 rings (SSSR count). The molecule has 2 aromatic rings. The number of aliphatic hydroxyl groups is 2. The summed E-state index contributed by atoms with van der Waals surface area (Å²) in [6.07, 6.45) is 9.14. The van der Waals surface area contributed by atoms with Crippen molar-refractivity contribution >= 4 is 15.7 Å². The van der Waals surface area contributed by atoms with E-state index < -0.39 is 16.1 Å². The summed E-state index contributed by atoms with van der Waals surface area (Å²) >= 11 is 0. The van der Waals surface area contributed by atoms with Crippen molar-refractivity contribution in [3.05, 3.63) is 59.2 Å². The molecule has 0 spiro atoms. The average Bonchev–Trinajstić information content (AvgIpc) is 2.84. The van der Waals surface area contributed by atoms with Gasteiger partial charge >= 0.3 is 0 Å². The maximum Gasteiger partial charge on any atom is 0.229 e. The van der Waals surface area contributed by atoms with Crippen LogP contribution in [0.1, 0.15) is 67.7 Å². The minimum atomic E-state index is -3.24. The van der Waals surface area contributed by atoms with Crippen LogP contribution in [0.15, 0.2) is 42.5 Å². The van der Waals surface area contributed by atoms with Gasteiger partial charge in [-0.25, -0.2) is 8.42 Å². The normalized spacial score (nSPS) is 12.5. The molecule has 0 radical (unpaired) electrons. The molecule has 9 heteroatoms. The second kappa shape index (κ2) is 16.6. The number of unbranched alkanes of at least 4 members (excludes halogenated alkanes) is 5. The Kier molecular flexibility index (Phi) is 13.8. The Morgan fingerprint density at radius 1 is 0.917 bits per heavy atom. The summed E-state index contributed by atoms with van der Waals surface area (Å²) < 4.78 is 30.7. The Balaban J connectivity index is 1.39. The molecule has 1 atom stereocenters. The third-order valence-electron chi connectivity index (χ3n) is 5.90. The summed E-state index contributed by atoms with van der Waals surface area (Å²) in [5.74, 6) is 0.0406. The van der Waals surface area contributed by atoms with E-state index >= 15 is 0 Å². The van der Waals surface area contributed by atoms with Crippen molar-refractivity contribution < 1.29 is 28.5 Å². The minimum Gasteiger partial charge on any atom is -0.508 e. The molecule has 1 unspecified atom stereocenters. The summed E-state index contributed by atoms with van der Waals surface area (Å²) in [5, 5.41) is 32.3. The van der Waals surface area contributed by atoms with Crippen LogP contribution >= 0.6 is 0 Å². The zero-order valence-electron chi connectivity index (χ0n) is 21.3. The number of hydrogen-bond donors (Lipinski definition) is 5. The number of anilines is 1. The van der Waals surface area contributed by atoms with Crippen LogP contribution in [0.25, 0.3) is 0 Å². The van der Waals surface area contributed by atoms with Crippen LogP contribution in [0.2, 0.25) is 0 Å². The molecule has 202 valence electrons. The molecular formula is C27H42N2O6S. The van der Waals surface area contributed by atoms with Gasteiger partial charge in [0.2, 0.25) is 10.0 Å². The average molecular weight is 523 g/mol. The lowest BCUT2D eigenvalue weighted by atomic mass is 10.1. The summed E-state index contributed by atoms with van der Waals surface area (Å²) in [7, 11) is -3.24. The molecule has 0 heterocycles. The molecule has 0 amide bonds. The zero-order valence-corrected chi connectivity index (χ0v) is 22.1. The number of hydrogen-bond acceptors (Lipinski definition) is 7. The van der Waals surface area contributed by atoms with E-state index in [4.69, 9.17) is 4.74 Å². The van der Waals surface area contributed by atoms with E-state index in [2.05, 4.69) is 10.0 Å². The maximum absolute atomic E-state index is 11.2. The molecule has 2 aromatic carbocycles. The van der Waals surface area contributed by atoms with E-state index in [1.807, 2.05) is 12.1 Å². The second-order valence-corrected chi connectivity index (χ2v) is 10.9. The first-order valence-electron chi connectivity index (χ1n) is 12.7. The summed E-state index contributed by atoms with van der Waals surface area (Å²) in [6.45, 7) is 2.55. The van der Waals surface area contributed by atoms with Crippen LogP contribution in [-0.2, 0) is 27.8 Å². The van der Waals surface area contributed by atoms with Gasteiger partial charge in [0.25, 0.3) is 0 Å². The van der Waals surface area contributed by atoms with E-state index in [1.54, 1.807) is 24.3 Å². The van der Waals surface area contributed by atoms with Crippen molar-refractivity contribution in [2.24, 2.45) is 0 Å². The molecule has 8 nitrogen and oxygen atoms in total. The van der Waals surface area contributed by atoms with Gasteiger partial charge in [0.05, 0.1) is 19.0 Å². The molecule has 36 heavy (non-hydrogen) atoms. The molecule has 0 bridgehead atoms. The molecule has 0 aromatic heterocycles. The largest absolute Gasteiger partial charge is 0.508 e. The number of ether oxygens (including phenoxy) is 1. The van der Waals surface area contributed by atoms with E-state index in [1.165, 1.54) is 18.9 Å². The fourth-order valence-electron chi connectivity index (χ4n) is 3.89. The van der Waals surface area contributed by atoms with Crippen molar-refractivity contribution in [3.8, 4) is 5.75 Å². The highest BCUT2D eigenvalue weighted by atomic mass is 32.2. The molecule has 0 aliphatic rings. The molecule has 0 saturated heterocycles. The van der Waals surface area contributed by atoms with Gasteiger partial charge in [-0.05, 0) is 67.6 Å². The molecular weight excluding hydrogens is 480 g/mol. The topological polar surface area (TPSA) is 128 Å². The highest BCUT2D eigenvalue weighted by Crippen LogP contribution is 2.22. The Morgan fingerprint density at radius 2 is 1.58 bits per heavy atom. The van der Waals surface area contributed by atoms with Gasteiger partial charge in [-0.3, -0.25) is 4.72 Å². The van der Waals surface area contributed by atoms with Gasteiger partial charge < -0.3 is 25.4 Å². The summed E-state index contributed by atoms with van der Waals surface area (Å²) in [6, 6.07) is 12.2. The van der Waals surface area contributed by atoms with E-state index in [0.717, 1.165) is 70.1 Å². The molecule has 0 aliphatic carbocycles. The molecule has 5 N–H and O–H groups in total. The molecule has 0 fully saturated rings. The molecule has 0 saturated carbocycles. The predicted molar refractivity (Wildman–Crippen MR) is 144 cm³/mol. The number of nitrogens with one attached hydrogen (secondary N) is 2. The third kappa shape index (κ3) is 12.7. The van der Waals surface area contributed by atoms with Crippen molar-refractivity contribution in [1.82, 2.24) is 5.32 Å². The van der Waals surface area contributed by atoms with Gasteiger partial charge in [0.15, 0.2) is 0 Å². The van der Waals surface area contributed by atoms with Gasteiger partial charge in [0.1, 0.15) is 5.75 Å². The van der Waals surface area contributed by atoms with Gasteiger partial charge in [0, 0.05) is 31.0 Å². The lowest BCUT2D eigenvalue weighted by molar-refractivity contribution is 0.127. The van der Waals surface area contributed by atoms with E-state index in [0.29, 0.717) is 23.4 Å². The first-order chi connectivity index (χ1) is 17.3. The van der Waals surface area contributed by atoms with Crippen molar-refractivity contribution in [1.29, 1.82) is 0 Å². The lowest BCUT2D eigenvalue weighted by Crippen LogP contribution is -2.22. The van der Waals surface area contributed by atoms with Crippen LogP contribution in [-0.4, -0.2) is 56.3 Å². The number of aryl methyl sites for hydroxylation is 1. The third-order valence-corrected chi connectivity index (χ3v) is 6.51. The van der Waals surface area contributed by atoms with Gasteiger partial charge in [-0.15, -0.1) is 0 Å². The second-order valence-electron chi connectivity index (χ2n) is 9.17. The monoisotopic (exact) mass is 522 g/mol. The first-order valence-corrected chi connectivity index (χ1v) is 14.6. The number of sulfonamides is 1.